The lowest BCUT2D eigenvalue weighted by atomic mass is 10.2. The summed E-state index contributed by atoms with van der Waals surface area (Å²) in [6.07, 6.45) is 3.11. The van der Waals surface area contributed by atoms with Gasteiger partial charge in [0.2, 0.25) is 10.9 Å². The average Bonchev–Trinajstić information content (AvgIpc) is 2.09. The lowest BCUT2D eigenvalue weighted by Gasteiger charge is -2.05. The van der Waals surface area contributed by atoms with Crippen molar-refractivity contribution in [2.75, 3.05) is 28.2 Å². The third-order valence-electron chi connectivity index (χ3n) is 1.75. The fourth-order valence-electron chi connectivity index (χ4n) is 1.18. The van der Waals surface area contributed by atoms with Gasteiger partial charge in [-0.1, -0.05) is 0 Å². The molecule has 0 aromatic heterocycles. The van der Waals surface area contributed by atoms with E-state index in [0.717, 1.165) is 0 Å². The Labute approximate surface area is 82.1 Å². The zero-order valence-corrected chi connectivity index (χ0v) is 8.87. The lowest BCUT2D eigenvalue weighted by Crippen LogP contribution is -2.65. The Kier molecular flexibility index (Phi) is 2.74. The summed E-state index contributed by atoms with van der Waals surface area (Å²) < 4.78 is 0. The molecule has 0 aliphatic carbocycles. The van der Waals surface area contributed by atoms with Gasteiger partial charge in [0.05, 0.1) is 10.4 Å². The maximum Gasteiger partial charge on any atom is 0.203 e. The van der Waals surface area contributed by atoms with Crippen molar-refractivity contribution in [1.29, 1.82) is 0 Å². The molecular weight excluding hydrogens is 180 g/mol. The van der Waals surface area contributed by atoms with Crippen molar-refractivity contribution in [3.8, 4) is 0 Å². The predicted octanol–water partition coefficient (Wildman–Crippen LogP) is -2.12. The Morgan fingerprint density at radius 1 is 0.786 bits per heavy atom. The highest BCUT2D eigenvalue weighted by Gasteiger charge is 2.07. The standard InChI is InChI=1S/C10H14N2O2/c1-11(2)5-7-9(13)8(10(7)14)6-12(3)4/h5-6H,1-4H3. The van der Waals surface area contributed by atoms with Gasteiger partial charge in [-0.25, -0.2) is 0 Å². The summed E-state index contributed by atoms with van der Waals surface area (Å²) in [5, 5.41) is 0.534. The minimum absolute atomic E-state index is 0.169. The first-order chi connectivity index (χ1) is 6.43. The number of hydrogen-bond acceptors (Lipinski definition) is 4. The maximum atomic E-state index is 11.4. The highest BCUT2D eigenvalue weighted by atomic mass is 16.1. The summed E-state index contributed by atoms with van der Waals surface area (Å²) in [5.74, 6) is 0. The van der Waals surface area contributed by atoms with Crippen LogP contribution in [0.3, 0.4) is 0 Å². The van der Waals surface area contributed by atoms with Gasteiger partial charge in [0.15, 0.2) is 0 Å². The third-order valence-corrected chi connectivity index (χ3v) is 1.75. The van der Waals surface area contributed by atoms with E-state index in [9.17, 15) is 9.59 Å². The molecular formula is C10H14N2O2. The van der Waals surface area contributed by atoms with Gasteiger partial charge in [-0.3, -0.25) is 9.59 Å². The van der Waals surface area contributed by atoms with Crippen molar-refractivity contribution in [2.24, 2.45) is 0 Å². The van der Waals surface area contributed by atoms with Crippen molar-refractivity contribution >= 4 is 12.4 Å². The van der Waals surface area contributed by atoms with Crippen LogP contribution in [0, 0.1) is 0 Å². The van der Waals surface area contributed by atoms with Gasteiger partial charge in [0, 0.05) is 40.6 Å². The first kappa shape index (κ1) is 10.5. The minimum atomic E-state index is -0.169. The second-order valence-electron chi connectivity index (χ2n) is 3.67. The van der Waals surface area contributed by atoms with E-state index in [-0.39, 0.29) is 21.3 Å². The first-order valence-electron chi connectivity index (χ1n) is 4.29. The van der Waals surface area contributed by atoms with Crippen LogP contribution in [-0.4, -0.2) is 38.0 Å². The Hall–Kier alpha value is -1.58. The van der Waals surface area contributed by atoms with Crippen molar-refractivity contribution in [1.82, 2.24) is 9.80 Å². The van der Waals surface area contributed by atoms with Crippen molar-refractivity contribution in [2.45, 2.75) is 0 Å². The molecule has 1 aromatic rings. The van der Waals surface area contributed by atoms with Gasteiger partial charge in [-0.15, -0.1) is 0 Å². The van der Waals surface area contributed by atoms with Crippen molar-refractivity contribution < 1.29 is 0 Å². The van der Waals surface area contributed by atoms with E-state index in [1.807, 2.05) is 0 Å². The van der Waals surface area contributed by atoms with Crippen LogP contribution >= 0.6 is 0 Å². The van der Waals surface area contributed by atoms with E-state index in [2.05, 4.69) is 0 Å². The number of rotatable bonds is 2. The molecule has 0 unspecified atom stereocenters. The number of nitrogens with zero attached hydrogens (tertiary/aromatic N) is 2. The molecule has 0 aliphatic rings. The topological polar surface area (TPSA) is 40.6 Å². The molecule has 1 aromatic carbocycles. The van der Waals surface area contributed by atoms with Gasteiger partial charge in [0.25, 0.3) is 0 Å². The molecule has 0 fully saturated rings. The lowest BCUT2D eigenvalue weighted by molar-refractivity contribution is 0.608. The van der Waals surface area contributed by atoms with E-state index in [1.54, 1.807) is 50.4 Å². The molecule has 0 N–H and O–H groups in total. The molecule has 0 aliphatic heterocycles. The Bertz CT molecular complexity index is 431. The predicted molar refractivity (Wildman–Crippen MR) is 56.9 cm³/mol. The van der Waals surface area contributed by atoms with Crippen LogP contribution in [0.5, 0.6) is 0 Å². The Balaban J connectivity index is 3.34. The van der Waals surface area contributed by atoms with E-state index >= 15 is 0 Å². The normalized spacial score (nSPS) is 10.0. The van der Waals surface area contributed by atoms with Crippen LogP contribution in [0.15, 0.2) is 9.59 Å². The van der Waals surface area contributed by atoms with Crippen LogP contribution in [0.4, 0.5) is 0 Å². The van der Waals surface area contributed by atoms with Crippen molar-refractivity contribution in [3.63, 3.8) is 0 Å². The SMILES string of the molecule is CN(C)C=c1c(=O)c(=CN(C)C)c1=O. The maximum absolute atomic E-state index is 11.4. The molecule has 0 bridgehead atoms. The molecule has 0 saturated heterocycles. The molecule has 0 radical (unpaired) electrons. The zero-order valence-electron chi connectivity index (χ0n) is 8.87. The average molecular weight is 194 g/mol. The van der Waals surface area contributed by atoms with Gasteiger partial charge in [-0.05, 0) is 0 Å². The summed E-state index contributed by atoms with van der Waals surface area (Å²) >= 11 is 0. The summed E-state index contributed by atoms with van der Waals surface area (Å²) in [6.45, 7) is 0. The molecule has 4 heteroatoms. The van der Waals surface area contributed by atoms with Crippen LogP contribution in [0.2, 0.25) is 0 Å². The fourth-order valence-corrected chi connectivity index (χ4v) is 1.18. The van der Waals surface area contributed by atoms with Gasteiger partial charge < -0.3 is 9.80 Å². The Morgan fingerprint density at radius 3 is 1.29 bits per heavy atom. The molecule has 14 heavy (non-hydrogen) atoms. The quantitative estimate of drug-likeness (QED) is 0.540. The smallest absolute Gasteiger partial charge is 0.203 e. The third kappa shape index (κ3) is 1.84. The van der Waals surface area contributed by atoms with Gasteiger partial charge in [-0.2, -0.15) is 0 Å². The summed E-state index contributed by atoms with van der Waals surface area (Å²) in [6, 6.07) is 0. The fraction of sp³-hybridized carbons (Fsp3) is 0.400. The van der Waals surface area contributed by atoms with Gasteiger partial charge >= 0.3 is 0 Å². The molecule has 0 atom stereocenters. The van der Waals surface area contributed by atoms with Crippen LogP contribution in [-0.2, 0) is 0 Å². The van der Waals surface area contributed by atoms with E-state index in [4.69, 9.17) is 0 Å². The molecule has 76 valence electrons. The second-order valence-corrected chi connectivity index (χ2v) is 3.67. The highest BCUT2D eigenvalue weighted by Crippen LogP contribution is 1.70. The molecule has 0 saturated carbocycles. The summed E-state index contributed by atoms with van der Waals surface area (Å²) in [7, 11) is 7.12. The van der Waals surface area contributed by atoms with Crippen LogP contribution < -0.4 is 21.3 Å². The van der Waals surface area contributed by atoms with Gasteiger partial charge in [0.1, 0.15) is 0 Å². The van der Waals surface area contributed by atoms with Crippen LogP contribution in [0.25, 0.3) is 12.4 Å². The molecule has 4 nitrogen and oxygen atoms in total. The second kappa shape index (κ2) is 3.65. The van der Waals surface area contributed by atoms with Crippen molar-refractivity contribution in [3.05, 3.63) is 30.9 Å². The minimum Gasteiger partial charge on any atom is -0.383 e. The molecule has 0 heterocycles. The number of hydrogen-bond donors (Lipinski definition) is 0. The largest absolute Gasteiger partial charge is 0.383 e. The van der Waals surface area contributed by atoms with E-state index < -0.39 is 0 Å². The molecule has 0 spiro atoms. The highest BCUT2D eigenvalue weighted by molar-refractivity contribution is 5.31. The molecule has 1 rings (SSSR count). The summed E-state index contributed by atoms with van der Waals surface area (Å²) in [5.41, 5.74) is -0.338. The first-order valence-corrected chi connectivity index (χ1v) is 4.29. The zero-order chi connectivity index (χ0) is 10.9. The summed E-state index contributed by atoms with van der Waals surface area (Å²) in [4.78, 5) is 26.2. The van der Waals surface area contributed by atoms with Crippen LogP contribution in [0.1, 0.15) is 0 Å². The molecule has 0 amide bonds. The Morgan fingerprint density at radius 2 is 1.07 bits per heavy atom. The van der Waals surface area contributed by atoms with E-state index in [0.29, 0.717) is 0 Å². The van der Waals surface area contributed by atoms with E-state index in [1.165, 1.54) is 0 Å². The monoisotopic (exact) mass is 194 g/mol.